The number of piperidine rings is 1. The molecule has 0 aliphatic carbocycles. The van der Waals surface area contributed by atoms with Crippen molar-refractivity contribution in [3.05, 3.63) is 24.3 Å². The summed E-state index contributed by atoms with van der Waals surface area (Å²) < 4.78 is 11.6. The van der Waals surface area contributed by atoms with Crippen molar-refractivity contribution in [1.82, 2.24) is 4.90 Å². The van der Waals surface area contributed by atoms with Crippen LogP contribution in [-0.2, 0) is 4.79 Å². The highest BCUT2D eigenvalue weighted by atomic mass is 16.5. The Morgan fingerprint density at radius 2 is 1.83 bits per heavy atom. The summed E-state index contributed by atoms with van der Waals surface area (Å²) in [4.78, 5) is 14.7. The van der Waals surface area contributed by atoms with Gasteiger partial charge in [-0.3, -0.25) is 4.79 Å². The van der Waals surface area contributed by atoms with E-state index in [0.29, 0.717) is 13.2 Å². The number of para-hydroxylation sites is 2. The summed E-state index contributed by atoms with van der Waals surface area (Å²) in [5.41, 5.74) is -0.348. The zero-order valence-electron chi connectivity index (χ0n) is 14.8. The third kappa shape index (κ3) is 4.63. The van der Waals surface area contributed by atoms with Gasteiger partial charge >= 0.3 is 0 Å². The lowest BCUT2D eigenvalue weighted by molar-refractivity contribution is -0.144. The summed E-state index contributed by atoms with van der Waals surface area (Å²) in [7, 11) is 0. The van der Waals surface area contributed by atoms with Gasteiger partial charge in [0, 0.05) is 12.0 Å². The van der Waals surface area contributed by atoms with Crippen LogP contribution in [0.15, 0.2) is 24.3 Å². The van der Waals surface area contributed by atoms with Gasteiger partial charge in [-0.15, -0.1) is 0 Å². The number of likely N-dealkylation sites (tertiary alicyclic amines) is 1. The number of nitrogens with zero attached hydrogens (tertiary/aromatic N) is 1. The number of carbonyl (C=O) groups excluding carboxylic acids is 1. The molecule has 1 saturated heterocycles. The van der Waals surface area contributed by atoms with Crippen molar-refractivity contribution in [1.29, 1.82) is 0 Å². The van der Waals surface area contributed by atoms with Gasteiger partial charge in [0.2, 0.25) is 5.91 Å². The van der Waals surface area contributed by atoms with Crippen LogP contribution < -0.4 is 9.47 Å². The lowest BCUT2D eigenvalue weighted by Crippen LogP contribution is -2.50. The first-order valence-corrected chi connectivity index (χ1v) is 8.59. The average Bonchev–Trinajstić information content (AvgIpc) is 2.53. The van der Waals surface area contributed by atoms with Gasteiger partial charge < -0.3 is 14.4 Å². The van der Waals surface area contributed by atoms with Crippen LogP contribution >= 0.6 is 0 Å². The van der Waals surface area contributed by atoms with Crippen molar-refractivity contribution in [2.45, 2.75) is 53.0 Å². The number of rotatable bonds is 5. The summed E-state index contributed by atoms with van der Waals surface area (Å²) >= 11 is 0. The van der Waals surface area contributed by atoms with Crippen molar-refractivity contribution < 1.29 is 14.3 Å². The van der Waals surface area contributed by atoms with E-state index in [2.05, 4.69) is 0 Å². The van der Waals surface area contributed by atoms with Crippen LogP contribution in [0.25, 0.3) is 0 Å². The second kappa shape index (κ2) is 7.71. The van der Waals surface area contributed by atoms with Gasteiger partial charge in [-0.25, -0.2) is 0 Å². The number of ether oxygens (including phenoxy) is 2. The van der Waals surface area contributed by atoms with Crippen LogP contribution in [0.2, 0.25) is 0 Å². The largest absolute Gasteiger partial charge is 0.490 e. The Morgan fingerprint density at radius 3 is 2.43 bits per heavy atom. The van der Waals surface area contributed by atoms with E-state index in [4.69, 9.17) is 9.47 Å². The minimum atomic E-state index is -0.348. The fraction of sp³-hybridized carbons (Fsp3) is 0.632. The lowest BCUT2D eigenvalue weighted by atomic mass is 9.91. The first kappa shape index (κ1) is 17.6. The Kier molecular flexibility index (Phi) is 5.91. The van der Waals surface area contributed by atoms with Gasteiger partial charge in [0.15, 0.2) is 11.5 Å². The van der Waals surface area contributed by atoms with E-state index in [1.54, 1.807) is 0 Å². The lowest BCUT2D eigenvalue weighted by Gasteiger charge is -2.39. The second-order valence-corrected chi connectivity index (χ2v) is 7.09. The Morgan fingerprint density at radius 1 is 1.17 bits per heavy atom. The maximum Gasteiger partial charge on any atom is 0.228 e. The van der Waals surface area contributed by atoms with E-state index in [0.717, 1.165) is 37.3 Å². The number of hydrogen-bond donors (Lipinski definition) is 0. The smallest absolute Gasteiger partial charge is 0.228 e. The monoisotopic (exact) mass is 319 g/mol. The Bertz CT molecular complexity index is 522. The molecule has 0 radical (unpaired) electrons. The highest BCUT2D eigenvalue weighted by Crippen LogP contribution is 2.29. The van der Waals surface area contributed by atoms with Crippen LogP contribution in [0.5, 0.6) is 11.5 Å². The molecule has 1 atom stereocenters. The molecule has 1 unspecified atom stereocenters. The fourth-order valence-electron chi connectivity index (χ4n) is 2.90. The SMILES string of the molecule is CCOc1ccccc1OCC1CCCCN1C(=O)C(C)(C)C. The number of carbonyl (C=O) groups is 1. The third-order valence-electron chi connectivity index (χ3n) is 4.11. The van der Waals surface area contributed by atoms with Gasteiger partial charge in [0.1, 0.15) is 6.61 Å². The van der Waals surface area contributed by atoms with Crippen molar-refractivity contribution >= 4 is 5.91 Å². The molecule has 1 aromatic carbocycles. The highest BCUT2D eigenvalue weighted by Gasteiger charge is 2.33. The predicted molar refractivity (Wildman–Crippen MR) is 91.9 cm³/mol. The zero-order chi connectivity index (χ0) is 16.9. The summed E-state index contributed by atoms with van der Waals surface area (Å²) in [6, 6.07) is 7.86. The highest BCUT2D eigenvalue weighted by molar-refractivity contribution is 5.81. The molecule has 4 heteroatoms. The van der Waals surface area contributed by atoms with E-state index in [9.17, 15) is 4.79 Å². The van der Waals surface area contributed by atoms with Gasteiger partial charge in [-0.1, -0.05) is 32.9 Å². The summed E-state index contributed by atoms with van der Waals surface area (Å²) in [5.74, 6) is 1.73. The molecule has 1 aliphatic rings. The number of hydrogen-bond acceptors (Lipinski definition) is 3. The summed E-state index contributed by atoms with van der Waals surface area (Å²) in [6.07, 6.45) is 3.22. The van der Waals surface area contributed by atoms with E-state index < -0.39 is 0 Å². The summed E-state index contributed by atoms with van der Waals surface area (Å²) in [6.45, 7) is 9.86. The Labute approximate surface area is 139 Å². The van der Waals surface area contributed by atoms with E-state index in [-0.39, 0.29) is 17.4 Å². The molecule has 0 spiro atoms. The third-order valence-corrected chi connectivity index (χ3v) is 4.11. The van der Waals surface area contributed by atoms with Crippen LogP contribution in [0, 0.1) is 5.41 Å². The van der Waals surface area contributed by atoms with E-state index in [1.807, 2.05) is 56.9 Å². The van der Waals surface area contributed by atoms with Gasteiger partial charge in [0.25, 0.3) is 0 Å². The molecule has 4 nitrogen and oxygen atoms in total. The summed E-state index contributed by atoms with van der Waals surface area (Å²) in [5, 5.41) is 0. The van der Waals surface area contributed by atoms with Crippen molar-refractivity contribution in [3.63, 3.8) is 0 Å². The van der Waals surface area contributed by atoms with Crippen LogP contribution in [0.3, 0.4) is 0 Å². The number of benzene rings is 1. The molecular formula is C19H29NO3. The molecule has 2 rings (SSSR count). The molecule has 1 fully saturated rings. The molecule has 0 saturated carbocycles. The molecule has 1 heterocycles. The van der Waals surface area contributed by atoms with Crippen molar-refractivity contribution in [3.8, 4) is 11.5 Å². The van der Waals surface area contributed by atoms with Gasteiger partial charge in [0.05, 0.1) is 12.6 Å². The van der Waals surface area contributed by atoms with Crippen LogP contribution in [-0.4, -0.2) is 36.6 Å². The standard InChI is InChI=1S/C19H29NO3/c1-5-22-16-11-6-7-12-17(16)23-14-15-10-8-9-13-20(15)18(21)19(2,3)4/h6-7,11-12,15H,5,8-10,13-14H2,1-4H3. The molecule has 0 bridgehead atoms. The van der Waals surface area contributed by atoms with Crippen LogP contribution in [0.4, 0.5) is 0 Å². The molecule has 0 N–H and O–H groups in total. The topological polar surface area (TPSA) is 38.8 Å². The van der Waals surface area contributed by atoms with Gasteiger partial charge in [-0.05, 0) is 38.3 Å². The first-order valence-electron chi connectivity index (χ1n) is 8.59. The minimum Gasteiger partial charge on any atom is -0.490 e. The molecule has 128 valence electrons. The second-order valence-electron chi connectivity index (χ2n) is 7.09. The normalized spacial score (nSPS) is 18.6. The predicted octanol–water partition coefficient (Wildman–Crippen LogP) is 3.89. The molecular weight excluding hydrogens is 290 g/mol. The van der Waals surface area contributed by atoms with Crippen molar-refractivity contribution in [2.24, 2.45) is 5.41 Å². The van der Waals surface area contributed by atoms with Crippen LogP contribution in [0.1, 0.15) is 47.0 Å². The Balaban J connectivity index is 2.04. The minimum absolute atomic E-state index is 0.144. The zero-order valence-corrected chi connectivity index (χ0v) is 14.8. The quantitative estimate of drug-likeness (QED) is 0.826. The maximum atomic E-state index is 12.7. The molecule has 1 aliphatic heterocycles. The number of amides is 1. The molecule has 1 amide bonds. The van der Waals surface area contributed by atoms with Crippen molar-refractivity contribution in [2.75, 3.05) is 19.8 Å². The fourth-order valence-corrected chi connectivity index (χ4v) is 2.90. The first-order chi connectivity index (χ1) is 10.9. The maximum absolute atomic E-state index is 12.7. The molecule has 1 aromatic rings. The average molecular weight is 319 g/mol. The Hall–Kier alpha value is -1.71. The molecule has 0 aromatic heterocycles. The van der Waals surface area contributed by atoms with Gasteiger partial charge in [-0.2, -0.15) is 0 Å². The van der Waals surface area contributed by atoms with E-state index >= 15 is 0 Å². The van der Waals surface area contributed by atoms with E-state index in [1.165, 1.54) is 0 Å². The molecule has 23 heavy (non-hydrogen) atoms.